The number of rotatable bonds is 16. The summed E-state index contributed by atoms with van der Waals surface area (Å²) in [7, 11) is 1.82. The molecule has 296 valence electrons. The molecular formula is C42H62O11. The molecule has 0 aliphatic heterocycles. The van der Waals surface area contributed by atoms with E-state index in [4.69, 9.17) is 24.1 Å². The van der Waals surface area contributed by atoms with E-state index in [1.165, 1.54) is 31.9 Å². The highest BCUT2D eigenvalue weighted by Gasteiger charge is 2.40. The van der Waals surface area contributed by atoms with Crippen LogP contribution in [0.1, 0.15) is 113 Å². The van der Waals surface area contributed by atoms with Crippen molar-refractivity contribution in [2.75, 3.05) is 33.5 Å². The number of hydrogen-bond donors (Lipinski definition) is 3. The first-order valence-electron chi connectivity index (χ1n) is 19.0. The zero-order chi connectivity index (χ0) is 39.1. The molecule has 0 amide bonds. The molecule has 3 unspecified atom stereocenters. The van der Waals surface area contributed by atoms with Crippen LogP contribution in [0.3, 0.4) is 0 Å². The minimum Gasteiger partial charge on any atom is -0.460 e. The molecule has 2 fully saturated rings. The lowest BCUT2D eigenvalue weighted by molar-refractivity contribution is -0.141. The zero-order valence-electron chi connectivity index (χ0n) is 32.5. The van der Waals surface area contributed by atoms with Gasteiger partial charge in [0, 0.05) is 12.7 Å². The van der Waals surface area contributed by atoms with Gasteiger partial charge in [0.2, 0.25) is 0 Å². The van der Waals surface area contributed by atoms with E-state index in [1.807, 2.05) is 14.0 Å². The molecule has 2 aliphatic rings. The summed E-state index contributed by atoms with van der Waals surface area (Å²) in [6.45, 7) is 13.1. The van der Waals surface area contributed by atoms with Crippen LogP contribution in [0, 0.1) is 17.3 Å². The number of carbonyl (C=O) groups excluding carboxylic acids is 3. The van der Waals surface area contributed by atoms with Crippen LogP contribution in [0.25, 0.3) is 10.8 Å². The third kappa shape index (κ3) is 13.5. The number of aliphatic hydroxyl groups is 3. The molecule has 0 saturated heterocycles. The molecule has 11 heteroatoms. The van der Waals surface area contributed by atoms with Crippen LogP contribution in [0.5, 0.6) is 0 Å². The molecule has 0 spiro atoms. The molecule has 4 rings (SSSR count). The van der Waals surface area contributed by atoms with E-state index in [1.54, 1.807) is 31.2 Å². The number of ether oxygens (including phenoxy) is 5. The van der Waals surface area contributed by atoms with E-state index in [-0.39, 0.29) is 32.5 Å². The average molecular weight is 743 g/mol. The van der Waals surface area contributed by atoms with Crippen molar-refractivity contribution < 1.29 is 53.4 Å². The van der Waals surface area contributed by atoms with Gasteiger partial charge in [-0.1, -0.05) is 51.6 Å². The molecule has 53 heavy (non-hydrogen) atoms. The Labute approximate surface area is 315 Å². The zero-order valence-corrected chi connectivity index (χ0v) is 32.5. The summed E-state index contributed by atoms with van der Waals surface area (Å²) in [4.78, 5) is 36.2. The van der Waals surface area contributed by atoms with Crippen molar-refractivity contribution >= 4 is 28.7 Å². The first-order valence-corrected chi connectivity index (χ1v) is 19.0. The first kappa shape index (κ1) is 44.0. The van der Waals surface area contributed by atoms with Gasteiger partial charge in [0.05, 0.1) is 42.1 Å². The van der Waals surface area contributed by atoms with E-state index >= 15 is 0 Å². The predicted octanol–water partition coefficient (Wildman–Crippen LogP) is 6.58. The normalized spacial score (nSPS) is 22.1. The molecule has 3 atom stereocenters. The number of methoxy groups -OCH3 is 1. The molecule has 2 saturated carbocycles. The summed E-state index contributed by atoms with van der Waals surface area (Å²) in [5.74, 6) is -0.200. The molecule has 2 aliphatic carbocycles. The second-order valence-corrected chi connectivity index (χ2v) is 15.2. The van der Waals surface area contributed by atoms with Gasteiger partial charge in [0.25, 0.3) is 0 Å². The van der Waals surface area contributed by atoms with Crippen molar-refractivity contribution in [2.24, 2.45) is 17.3 Å². The van der Waals surface area contributed by atoms with E-state index < -0.39 is 36.2 Å². The van der Waals surface area contributed by atoms with E-state index in [2.05, 4.69) is 25.2 Å². The number of aliphatic hydroxyl groups excluding tert-OH is 3. The average Bonchev–Trinajstić information content (AvgIpc) is 3.16. The molecule has 2 aromatic carbocycles. The van der Waals surface area contributed by atoms with Crippen molar-refractivity contribution in [1.82, 2.24) is 0 Å². The molecular weight excluding hydrogens is 680 g/mol. The highest BCUT2D eigenvalue weighted by molar-refractivity contribution is 6.11. The number of benzene rings is 2. The second kappa shape index (κ2) is 21.5. The van der Waals surface area contributed by atoms with E-state index in [0.717, 1.165) is 44.4 Å². The van der Waals surface area contributed by atoms with Crippen LogP contribution in [0.2, 0.25) is 0 Å². The monoisotopic (exact) mass is 742 g/mol. The standard InChI is InChI=1S/C34H48O8.C8H14O3/c1-22(35)19-41-32(37)30-17-18-31(29-8-6-5-7-28(29)30)33(38)42-21-25(36)20-40-27-15-11-24(12-16-27)34(2,3)23-9-13-26(39-4)14-10-23;1-4-7(9)5-11-8(10)6(2)3/h5-8,17-18,22-27,35-36H,9-16,19-21H2,1-4H3;7,9H,2,4-5H2,1,3H3. The molecule has 3 N–H and O–H groups in total. The lowest BCUT2D eigenvalue weighted by atomic mass is 9.60. The van der Waals surface area contributed by atoms with E-state index in [0.29, 0.717) is 51.3 Å². The summed E-state index contributed by atoms with van der Waals surface area (Å²) in [5, 5.41) is 30.0. The summed E-state index contributed by atoms with van der Waals surface area (Å²) < 4.78 is 26.9. The third-order valence-electron chi connectivity index (χ3n) is 10.8. The molecule has 0 radical (unpaired) electrons. The van der Waals surface area contributed by atoms with Gasteiger partial charge in [0.1, 0.15) is 25.9 Å². The van der Waals surface area contributed by atoms with E-state index in [9.17, 15) is 24.6 Å². The van der Waals surface area contributed by atoms with Crippen molar-refractivity contribution in [3.63, 3.8) is 0 Å². The van der Waals surface area contributed by atoms with Crippen LogP contribution in [-0.4, -0.2) is 97.3 Å². The molecule has 2 aromatic rings. The third-order valence-corrected chi connectivity index (χ3v) is 10.8. The van der Waals surface area contributed by atoms with Crippen molar-refractivity contribution in [1.29, 1.82) is 0 Å². The van der Waals surface area contributed by atoms with Crippen molar-refractivity contribution in [2.45, 2.75) is 123 Å². The summed E-state index contributed by atoms with van der Waals surface area (Å²) in [6.07, 6.45) is 7.86. The molecule has 11 nitrogen and oxygen atoms in total. The highest BCUT2D eigenvalue weighted by Crippen LogP contribution is 2.48. The molecule has 0 bridgehead atoms. The fourth-order valence-electron chi connectivity index (χ4n) is 7.24. The maximum atomic E-state index is 12.9. The Balaban J connectivity index is 0.000000595. The lowest BCUT2D eigenvalue weighted by Crippen LogP contribution is -2.39. The van der Waals surface area contributed by atoms with Crippen molar-refractivity contribution in [3.8, 4) is 0 Å². The van der Waals surface area contributed by atoms with Gasteiger partial charge in [-0.2, -0.15) is 0 Å². The minimum atomic E-state index is -0.930. The Morgan fingerprint density at radius 3 is 1.66 bits per heavy atom. The molecule has 0 aromatic heterocycles. The Morgan fingerprint density at radius 2 is 1.21 bits per heavy atom. The molecule has 0 heterocycles. The number of esters is 3. The summed E-state index contributed by atoms with van der Waals surface area (Å²) >= 11 is 0. The Kier molecular flexibility index (Phi) is 17.9. The minimum absolute atomic E-state index is 0.0577. The van der Waals surface area contributed by atoms with Gasteiger partial charge in [-0.25, -0.2) is 14.4 Å². The fraction of sp³-hybridized carbons (Fsp3) is 0.643. The number of hydrogen-bond acceptors (Lipinski definition) is 11. The quantitative estimate of drug-likeness (QED) is 0.0970. The lowest BCUT2D eigenvalue weighted by Gasteiger charge is -2.46. The summed E-state index contributed by atoms with van der Waals surface area (Å²) in [5.41, 5.74) is 1.25. The van der Waals surface area contributed by atoms with Gasteiger partial charge in [-0.3, -0.25) is 0 Å². The fourth-order valence-corrected chi connectivity index (χ4v) is 7.24. The number of fused-ring (bicyclic) bond motifs is 1. The highest BCUT2D eigenvalue weighted by atomic mass is 16.6. The maximum absolute atomic E-state index is 12.9. The Hall–Kier alpha value is -3.35. The van der Waals surface area contributed by atoms with Crippen LogP contribution >= 0.6 is 0 Å². The van der Waals surface area contributed by atoms with Gasteiger partial charge in [0.15, 0.2) is 0 Å². The Morgan fingerprint density at radius 1 is 0.736 bits per heavy atom. The SMILES string of the molecule is C=C(C)C(=O)OCC(O)CC.COC1CCC(C(C)(C)C2CCC(OCC(O)COC(=O)c3ccc(C(=O)OCC(C)O)c4ccccc34)CC2)CC1. The van der Waals surface area contributed by atoms with Crippen LogP contribution < -0.4 is 0 Å². The summed E-state index contributed by atoms with van der Waals surface area (Å²) in [6, 6.07) is 10.1. The maximum Gasteiger partial charge on any atom is 0.338 e. The van der Waals surface area contributed by atoms with Gasteiger partial charge in [-0.05, 0) is 112 Å². The largest absolute Gasteiger partial charge is 0.460 e. The topological polar surface area (TPSA) is 158 Å². The first-order chi connectivity index (χ1) is 25.2. The smallest absolute Gasteiger partial charge is 0.338 e. The predicted molar refractivity (Wildman–Crippen MR) is 203 cm³/mol. The van der Waals surface area contributed by atoms with Crippen molar-refractivity contribution in [3.05, 3.63) is 59.7 Å². The van der Waals surface area contributed by atoms with Gasteiger partial charge >= 0.3 is 17.9 Å². The Bertz CT molecular complexity index is 1470. The van der Waals surface area contributed by atoms with Crippen LogP contribution in [0.15, 0.2) is 48.6 Å². The van der Waals surface area contributed by atoms with Crippen LogP contribution in [-0.2, 0) is 28.5 Å². The van der Waals surface area contributed by atoms with Gasteiger partial charge < -0.3 is 39.0 Å². The van der Waals surface area contributed by atoms with Gasteiger partial charge in [-0.15, -0.1) is 0 Å². The van der Waals surface area contributed by atoms with Crippen LogP contribution in [0.4, 0.5) is 0 Å². The number of carbonyl (C=O) groups is 3. The second-order valence-electron chi connectivity index (χ2n) is 15.2.